The molecule has 2 aliphatic rings. The highest BCUT2D eigenvalue weighted by Crippen LogP contribution is 2.40. The summed E-state index contributed by atoms with van der Waals surface area (Å²) in [7, 11) is 0. The molecule has 2 unspecified atom stereocenters. The number of hydrogen-bond donors (Lipinski definition) is 1. The zero-order valence-corrected chi connectivity index (χ0v) is 13.6. The van der Waals surface area contributed by atoms with Crippen LogP contribution in [0.25, 0.3) is 0 Å². The number of alkyl halides is 3. The minimum Gasteiger partial charge on any atom is -0.311 e. The van der Waals surface area contributed by atoms with Crippen molar-refractivity contribution in [3.63, 3.8) is 0 Å². The van der Waals surface area contributed by atoms with Gasteiger partial charge in [-0.2, -0.15) is 13.2 Å². The SMILES string of the molecule is CC(C)(C)C1CCC(NC2CCCC(C(F)(F)F)C2)CC1. The minimum absolute atomic E-state index is 0.0709. The van der Waals surface area contributed by atoms with Crippen LogP contribution in [0.3, 0.4) is 0 Å². The van der Waals surface area contributed by atoms with Gasteiger partial charge in [0.25, 0.3) is 0 Å². The summed E-state index contributed by atoms with van der Waals surface area (Å²) in [4.78, 5) is 0. The van der Waals surface area contributed by atoms with Crippen LogP contribution in [0.2, 0.25) is 0 Å². The van der Waals surface area contributed by atoms with E-state index in [-0.39, 0.29) is 12.5 Å². The average Bonchev–Trinajstić information content (AvgIpc) is 2.37. The fourth-order valence-corrected chi connectivity index (χ4v) is 4.10. The summed E-state index contributed by atoms with van der Waals surface area (Å²) in [5, 5.41) is 3.53. The van der Waals surface area contributed by atoms with Crippen molar-refractivity contribution in [3.8, 4) is 0 Å². The van der Waals surface area contributed by atoms with Crippen molar-refractivity contribution in [2.75, 3.05) is 0 Å². The fourth-order valence-electron chi connectivity index (χ4n) is 4.10. The van der Waals surface area contributed by atoms with E-state index in [0.717, 1.165) is 25.2 Å². The Morgan fingerprint density at radius 1 is 0.762 bits per heavy atom. The monoisotopic (exact) mass is 305 g/mol. The zero-order chi connectivity index (χ0) is 15.7. The van der Waals surface area contributed by atoms with Gasteiger partial charge >= 0.3 is 6.18 Å². The molecule has 2 fully saturated rings. The van der Waals surface area contributed by atoms with E-state index in [4.69, 9.17) is 0 Å². The van der Waals surface area contributed by atoms with Crippen molar-refractivity contribution in [2.45, 2.75) is 90.4 Å². The maximum absolute atomic E-state index is 12.8. The maximum atomic E-state index is 12.8. The Morgan fingerprint density at radius 2 is 1.38 bits per heavy atom. The first-order valence-electron chi connectivity index (χ1n) is 8.49. The van der Waals surface area contributed by atoms with Gasteiger partial charge < -0.3 is 5.32 Å². The normalized spacial score (nSPS) is 35.7. The fraction of sp³-hybridized carbons (Fsp3) is 1.00. The van der Waals surface area contributed by atoms with Crippen LogP contribution in [0.5, 0.6) is 0 Å². The second kappa shape index (κ2) is 6.47. The third-order valence-corrected chi connectivity index (χ3v) is 5.56. The van der Waals surface area contributed by atoms with E-state index in [9.17, 15) is 13.2 Å². The Morgan fingerprint density at radius 3 is 1.90 bits per heavy atom. The molecule has 21 heavy (non-hydrogen) atoms. The molecule has 0 aromatic heterocycles. The van der Waals surface area contributed by atoms with E-state index in [2.05, 4.69) is 26.1 Å². The molecule has 0 aliphatic heterocycles. The molecule has 0 amide bonds. The zero-order valence-electron chi connectivity index (χ0n) is 13.6. The predicted octanol–water partition coefficient (Wildman–Crippen LogP) is 5.30. The van der Waals surface area contributed by atoms with E-state index in [1.54, 1.807) is 0 Å². The first-order chi connectivity index (χ1) is 9.66. The number of rotatable bonds is 2. The van der Waals surface area contributed by atoms with Gasteiger partial charge in [-0.25, -0.2) is 0 Å². The number of halogens is 3. The molecule has 2 saturated carbocycles. The first-order valence-corrected chi connectivity index (χ1v) is 8.49. The molecule has 0 radical (unpaired) electrons. The quantitative estimate of drug-likeness (QED) is 0.729. The van der Waals surface area contributed by atoms with Gasteiger partial charge in [-0.1, -0.05) is 27.2 Å². The van der Waals surface area contributed by atoms with Gasteiger partial charge in [0, 0.05) is 12.1 Å². The summed E-state index contributed by atoms with van der Waals surface area (Å²) in [6.45, 7) is 6.88. The Bertz CT molecular complexity index is 324. The lowest BCUT2D eigenvalue weighted by atomic mass is 9.71. The van der Waals surface area contributed by atoms with E-state index in [1.807, 2.05) is 0 Å². The highest BCUT2D eigenvalue weighted by molar-refractivity contribution is 4.88. The Balaban J connectivity index is 1.78. The molecule has 1 nitrogen and oxygen atoms in total. The molecule has 124 valence electrons. The van der Waals surface area contributed by atoms with Gasteiger partial charge in [0.2, 0.25) is 0 Å². The summed E-state index contributed by atoms with van der Waals surface area (Å²) in [5.74, 6) is -0.334. The number of hydrogen-bond acceptors (Lipinski definition) is 1. The molecule has 4 heteroatoms. The smallest absolute Gasteiger partial charge is 0.311 e. The molecular formula is C17H30F3N. The van der Waals surface area contributed by atoms with Gasteiger partial charge in [-0.3, -0.25) is 0 Å². The topological polar surface area (TPSA) is 12.0 Å². The van der Waals surface area contributed by atoms with E-state index in [0.29, 0.717) is 24.3 Å². The van der Waals surface area contributed by atoms with E-state index in [1.165, 1.54) is 12.8 Å². The second-order valence-corrected chi connectivity index (χ2v) is 8.18. The molecular weight excluding hydrogens is 275 g/mol. The Hall–Kier alpha value is -0.250. The van der Waals surface area contributed by atoms with Crippen LogP contribution < -0.4 is 5.32 Å². The van der Waals surface area contributed by atoms with Crippen LogP contribution in [0.15, 0.2) is 0 Å². The molecule has 0 aromatic rings. The van der Waals surface area contributed by atoms with E-state index >= 15 is 0 Å². The molecule has 0 spiro atoms. The summed E-state index contributed by atoms with van der Waals surface area (Å²) < 4.78 is 38.5. The summed E-state index contributed by atoms with van der Waals surface area (Å²) in [6.07, 6.45) is 2.85. The summed E-state index contributed by atoms with van der Waals surface area (Å²) in [5.41, 5.74) is 0.358. The molecule has 2 atom stereocenters. The lowest BCUT2D eigenvalue weighted by Crippen LogP contribution is -2.45. The average molecular weight is 305 g/mol. The van der Waals surface area contributed by atoms with Crippen LogP contribution in [0.4, 0.5) is 13.2 Å². The molecule has 2 rings (SSSR count). The first kappa shape index (κ1) is 17.1. The largest absolute Gasteiger partial charge is 0.391 e. The van der Waals surface area contributed by atoms with Crippen molar-refractivity contribution in [1.82, 2.24) is 5.32 Å². The molecule has 0 bridgehead atoms. The van der Waals surface area contributed by atoms with Gasteiger partial charge in [0.05, 0.1) is 5.92 Å². The Labute approximate surface area is 127 Å². The Kier molecular flexibility index (Phi) is 5.27. The van der Waals surface area contributed by atoms with Crippen molar-refractivity contribution in [2.24, 2.45) is 17.3 Å². The van der Waals surface area contributed by atoms with Crippen molar-refractivity contribution < 1.29 is 13.2 Å². The van der Waals surface area contributed by atoms with Crippen LogP contribution >= 0.6 is 0 Å². The predicted molar refractivity (Wildman–Crippen MR) is 80.1 cm³/mol. The van der Waals surface area contributed by atoms with Crippen LogP contribution in [0.1, 0.15) is 72.1 Å². The van der Waals surface area contributed by atoms with Crippen molar-refractivity contribution in [3.05, 3.63) is 0 Å². The molecule has 0 saturated heterocycles. The third-order valence-electron chi connectivity index (χ3n) is 5.56. The van der Waals surface area contributed by atoms with Gasteiger partial charge in [0.15, 0.2) is 0 Å². The summed E-state index contributed by atoms with van der Waals surface area (Å²) >= 11 is 0. The third kappa shape index (κ3) is 4.87. The van der Waals surface area contributed by atoms with Crippen LogP contribution in [-0.4, -0.2) is 18.3 Å². The minimum atomic E-state index is -4.01. The van der Waals surface area contributed by atoms with Crippen molar-refractivity contribution in [1.29, 1.82) is 0 Å². The lowest BCUT2D eigenvalue weighted by molar-refractivity contribution is -0.184. The number of nitrogens with one attached hydrogen (secondary N) is 1. The highest BCUT2D eigenvalue weighted by atomic mass is 19.4. The highest BCUT2D eigenvalue weighted by Gasteiger charge is 2.42. The standard InChI is InChI=1S/C17H30F3N/c1-16(2,3)12-7-9-14(10-8-12)21-15-6-4-5-13(11-15)17(18,19)20/h12-15,21H,4-11H2,1-3H3. The van der Waals surface area contributed by atoms with Gasteiger partial charge in [-0.05, 0) is 56.3 Å². The van der Waals surface area contributed by atoms with Crippen molar-refractivity contribution >= 4 is 0 Å². The van der Waals surface area contributed by atoms with Gasteiger partial charge in [-0.15, -0.1) is 0 Å². The molecule has 0 heterocycles. The summed E-state index contributed by atoms with van der Waals surface area (Å²) in [6, 6.07) is 0.502. The second-order valence-electron chi connectivity index (χ2n) is 8.18. The molecule has 1 N–H and O–H groups in total. The van der Waals surface area contributed by atoms with Crippen LogP contribution in [0, 0.1) is 17.3 Å². The van der Waals surface area contributed by atoms with Crippen LogP contribution in [-0.2, 0) is 0 Å². The molecule has 0 aromatic carbocycles. The van der Waals surface area contributed by atoms with Gasteiger partial charge in [0.1, 0.15) is 0 Å². The lowest BCUT2D eigenvalue weighted by Gasteiger charge is -2.39. The maximum Gasteiger partial charge on any atom is 0.391 e. The van der Waals surface area contributed by atoms with E-state index < -0.39 is 12.1 Å². The molecule has 2 aliphatic carbocycles.